The van der Waals surface area contributed by atoms with Crippen molar-refractivity contribution in [2.75, 3.05) is 12.4 Å². The monoisotopic (exact) mass is 362 g/mol. The van der Waals surface area contributed by atoms with E-state index in [0.29, 0.717) is 16.6 Å². The summed E-state index contributed by atoms with van der Waals surface area (Å²) >= 11 is 5.94. The van der Waals surface area contributed by atoms with Crippen molar-refractivity contribution in [2.24, 2.45) is 0 Å². The molecule has 2 N–H and O–H groups in total. The van der Waals surface area contributed by atoms with Gasteiger partial charge in [0.15, 0.2) is 0 Å². The van der Waals surface area contributed by atoms with Crippen LogP contribution in [0.3, 0.4) is 0 Å². The normalized spacial score (nSPS) is 13.2. The second-order valence-corrected chi connectivity index (χ2v) is 6.15. The molecule has 130 valence electrons. The van der Waals surface area contributed by atoms with E-state index < -0.39 is 17.8 Å². The smallest absolute Gasteiger partial charge is 0.326 e. The average Bonchev–Trinajstić information content (AvgIpc) is 3.40. The number of ether oxygens (including phenoxy) is 1. The number of imide groups is 1. The van der Waals surface area contributed by atoms with E-state index in [1.54, 1.807) is 30.3 Å². The molecule has 0 bridgehead atoms. The number of carbonyl (C=O) groups excluding carboxylic acids is 2. The highest BCUT2D eigenvalue weighted by atomic mass is 35.5. The highest BCUT2D eigenvalue weighted by Gasteiger charge is 2.28. The summed E-state index contributed by atoms with van der Waals surface area (Å²) in [5, 5.41) is 4.85. The number of nitrogens with one attached hydrogen (secondary N) is 2. The molecule has 3 amide bonds. The van der Waals surface area contributed by atoms with Crippen molar-refractivity contribution >= 4 is 29.2 Å². The van der Waals surface area contributed by atoms with Gasteiger partial charge in [-0.25, -0.2) is 9.18 Å². The van der Waals surface area contributed by atoms with Gasteiger partial charge in [0.2, 0.25) is 0 Å². The first-order valence-electron chi connectivity index (χ1n) is 7.74. The maximum Gasteiger partial charge on any atom is 0.326 e. The Morgan fingerprint density at radius 2 is 1.96 bits per heavy atom. The van der Waals surface area contributed by atoms with Gasteiger partial charge in [0.05, 0.1) is 17.8 Å². The molecule has 5 nitrogen and oxygen atoms in total. The zero-order valence-electron chi connectivity index (χ0n) is 13.4. The Morgan fingerprint density at radius 3 is 2.60 bits per heavy atom. The number of halogens is 2. The van der Waals surface area contributed by atoms with Crippen molar-refractivity contribution in [1.82, 2.24) is 5.32 Å². The molecule has 0 atom stereocenters. The average molecular weight is 363 g/mol. The van der Waals surface area contributed by atoms with Crippen molar-refractivity contribution in [3.8, 4) is 5.75 Å². The summed E-state index contributed by atoms with van der Waals surface area (Å²) in [5.41, 5.74) is 0.832. The highest BCUT2D eigenvalue weighted by molar-refractivity contribution is 6.33. The summed E-state index contributed by atoms with van der Waals surface area (Å²) in [6.07, 6.45) is 1.99. The lowest BCUT2D eigenvalue weighted by molar-refractivity contribution is 0.0960. The Kier molecular flexibility index (Phi) is 4.90. The number of para-hydroxylation sites is 1. The molecular weight excluding hydrogens is 347 g/mol. The van der Waals surface area contributed by atoms with Crippen LogP contribution in [0.15, 0.2) is 36.4 Å². The third kappa shape index (κ3) is 3.91. The number of methoxy groups -OCH3 is 1. The Labute approximate surface area is 149 Å². The van der Waals surface area contributed by atoms with Gasteiger partial charge in [-0.2, -0.15) is 0 Å². The Morgan fingerprint density at radius 1 is 1.24 bits per heavy atom. The lowest BCUT2D eigenvalue weighted by Crippen LogP contribution is -2.35. The molecule has 2 aromatic rings. The Hall–Kier alpha value is -2.60. The van der Waals surface area contributed by atoms with Crippen molar-refractivity contribution in [3.05, 3.63) is 58.4 Å². The molecule has 0 heterocycles. The number of benzene rings is 2. The fourth-order valence-corrected chi connectivity index (χ4v) is 2.70. The molecule has 2 aromatic carbocycles. The van der Waals surface area contributed by atoms with Crippen LogP contribution in [0.2, 0.25) is 5.02 Å². The van der Waals surface area contributed by atoms with E-state index >= 15 is 0 Å². The van der Waals surface area contributed by atoms with Crippen LogP contribution in [-0.4, -0.2) is 19.0 Å². The molecule has 0 unspecified atom stereocenters. The van der Waals surface area contributed by atoms with Gasteiger partial charge in [-0.1, -0.05) is 23.7 Å². The molecule has 1 saturated carbocycles. The van der Waals surface area contributed by atoms with Gasteiger partial charge in [-0.15, -0.1) is 0 Å². The first-order chi connectivity index (χ1) is 12.0. The van der Waals surface area contributed by atoms with E-state index in [9.17, 15) is 14.0 Å². The van der Waals surface area contributed by atoms with Gasteiger partial charge in [0.25, 0.3) is 5.91 Å². The number of urea groups is 1. The Balaban J connectivity index is 1.76. The second kappa shape index (κ2) is 7.11. The van der Waals surface area contributed by atoms with Crippen LogP contribution in [0, 0.1) is 5.82 Å². The first-order valence-corrected chi connectivity index (χ1v) is 8.11. The molecule has 25 heavy (non-hydrogen) atoms. The number of carbonyl (C=O) groups is 2. The zero-order valence-corrected chi connectivity index (χ0v) is 14.2. The summed E-state index contributed by atoms with van der Waals surface area (Å²) in [5.74, 6) is -1.19. The summed E-state index contributed by atoms with van der Waals surface area (Å²) in [6.45, 7) is 0. The van der Waals surface area contributed by atoms with Crippen molar-refractivity contribution in [2.45, 2.75) is 18.8 Å². The minimum absolute atomic E-state index is 0.102. The van der Waals surface area contributed by atoms with Crippen LogP contribution < -0.4 is 15.4 Å². The van der Waals surface area contributed by atoms with Gasteiger partial charge in [0.1, 0.15) is 17.1 Å². The third-order valence-corrected chi connectivity index (χ3v) is 4.25. The molecular formula is C18H16ClFN2O3. The van der Waals surface area contributed by atoms with E-state index in [2.05, 4.69) is 10.6 Å². The molecule has 1 fully saturated rings. The zero-order chi connectivity index (χ0) is 18.0. The molecule has 0 spiro atoms. The van der Waals surface area contributed by atoms with Gasteiger partial charge >= 0.3 is 6.03 Å². The standard InChI is InChI=1S/C18H16ClFN2O3/c1-25-15-9-11(10-6-7-10)8-13(20)16(15)17(23)22-18(24)21-14-5-3-2-4-12(14)19/h2-5,8-10H,6-7H2,1H3,(H2,21,22,23,24). The number of hydrogen-bond acceptors (Lipinski definition) is 3. The van der Waals surface area contributed by atoms with Crippen LogP contribution in [0.1, 0.15) is 34.7 Å². The minimum Gasteiger partial charge on any atom is -0.496 e. The third-order valence-electron chi connectivity index (χ3n) is 3.92. The molecule has 0 aliphatic heterocycles. The van der Waals surface area contributed by atoms with Crippen molar-refractivity contribution < 1.29 is 18.7 Å². The summed E-state index contributed by atoms with van der Waals surface area (Å²) in [6, 6.07) is 8.71. The lowest BCUT2D eigenvalue weighted by atomic mass is 10.1. The van der Waals surface area contributed by atoms with Crippen LogP contribution in [-0.2, 0) is 0 Å². The summed E-state index contributed by atoms with van der Waals surface area (Å²) in [4.78, 5) is 24.3. The fourth-order valence-electron chi connectivity index (χ4n) is 2.52. The van der Waals surface area contributed by atoms with E-state index in [1.807, 2.05) is 0 Å². The topological polar surface area (TPSA) is 67.4 Å². The van der Waals surface area contributed by atoms with E-state index in [0.717, 1.165) is 18.4 Å². The molecule has 0 saturated heterocycles. The van der Waals surface area contributed by atoms with E-state index in [4.69, 9.17) is 16.3 Å². The predicted octanol–water partition coefficient (Wildman–Crippen LogP) is 4.33. The molecule has 7 heteroatoms. The van der Waals surface area contributed by atoms with Gasteiger partial charge in [-0.3, -0.25) is 10.1 Å². The largest absolute Gasteiger partial charge is 0.496 e. The number of anilines is 1. The van der Waals surface area contributed by atoms with Crippen molar-refractivity contribution in [3.63, 3.8) is 0 Å². The van der Waals surface area contributed by atoms with Gasteiger partial charge < -0.3 is 10.1 Å². The van der Waals surface area contributed by atoms with Crippen molar-refractivity contribution in [1.29, 1.82) is 0 Å². The molecule has 0 radical (unpaired) electrons. The minimum atomic E-state index is -0.888. The predicted molar refractivity (Wildman–Crippen MR) is 92.9 cm³/mol. The quantitative estimate of drug-likeness (QED) is 0.850. The first kappa shape index (κ1) is 17.2. The van der Waals surface area contributed by atoms with Gasteiger partial charge in [0, 0.05) is 0 Å². The fraction of sp³-hybridized carbons (Fsp3) is 0.222. The lowest BCUT2D eigenvalue weighted by Gasteiger charge is -2.12. The van der Waals surface area contributed by atoms with E-state index in [-0.39, 0.29) is 11.3 Å². The number of amides is 3. The second-order valence-electron chi connectivity index (χ2n) is 5.74. The number of hydrogen-bond donors (Lipinski definition) is 2. The van der Waals surface area contributed by atoms with Crippen LogP contribution in [0.4, 0.5) is 14.9 Å². The van der Waals surface area contributed by atoms with Crippen LogP contribution >= 0.6 is 11.6 Å². The molecule has 0 aromatic heterocycles. The number of rotatable bonds is 4. The van der Waals surface area contributed by atoms with Gasteiger partial charge in [-0.05, 0) is 48.6 Å². The Bertz CT molecular complexity index is 837. The SMILES string of the molecule is COc1cc(C2CC2)cc(F)c1C(=O)NC(=O)Nc1ccccc1Cl. The van der Waals surface area contributed by atoms with Crippen LogP contribution in [0.5, 0.6) is 5.75 Å². The molecule has 3 rings (SSSR count). The summed E-state index contributed by atoms with van der Waals surface area (Å²) < 4.78 is 19.5. The van der Waals surface area contributed by atoms with E-state index in [1.165, 1.54) is 13.2 Å². The highest BCUT2D eigenvalue weighted by Crippen LogP contribution is 2.42. The molecule has 1 aliphatic carbocycles. The summed E-state index contributed by atoms with van der Waals surface area (Å²) in [7, 11) is 1.35. The maximum absolute atomic E-state index is 14.4. The molecule has 1 aliphatic rings. The van der Waals surface area contributed by atoms with Crippen LogP contribution in [0.25, 0.3) is 0 Å². The maximum atomic E-state index is 14.4.